The molecule has 0 radical (unpaired) electrons. The van der Waals surface area contributed by atoms with Gasteiger partial charge in [-0.2, -0.15) is 25.3 Å². The van der Waals surface area contributed by atoms with E-state index in [2.05, 4.69) is 12.5 Å². The van der Waals surface area contributed by atoms with Crippen molar-refractivity contribution >= 4 is 47.7 Å². The minimum atomic E-state index is -5.13. The summed E-state index contributed by atoms with van der Waals surface area (Å²) in [6.07, 6.45) is 0. The summed E-state index contributed by atoms with van der Waals surface area (Å²) in [6, 6.07) is 3.40. The van der Waals surface area contributed by atoms with Crippen LogP contribution in [0.1, 0.15) is 0 Å². The van der Waals surface area contributed by atoms with Crippen molar-refractivity contribution in [2.75, 3.05) is 5.73 Å². The van der Waals surface area contributed by atoms with Gasteiger partial charge in [-0.3, -0.25) is 13.7 Å². The number of nitrogen functional groups attached to an aromatic ring is 1. The SMILES string of the molecule is Nc1ccc(OS(=O)(=O)O)c2cc(OS(=O)(=O)O)cc(OS(=O)(=O)O)c12. The maximum atomic E-state index is 11.0. The van der Waals surface area contributed by atoms with Crippen LogP contribution in [0.3, 0.4) is 0 Å². The fourth-order valence-electron chi connectivity index (χ4n) is 1.96. The molecular formula is C10H9NO12S3. The van der Waals surface area contributed by atoms with Crippen molar-refractivity contribution in [3.63, 3.8) is 0 Å². The first-order valence-corrected chi connectivity index (χ1v) is 10.1. The van der Waals surface area contributed by atoms with Crippen LogP contribution in [0, 0.1) is 0 Å². The number of rotatable bonds is 6. The van der Waals surface area contributed by atoms with Gasteiger partial charge >= 0.3 is 31.2 Å². The second-order valence-electron chi connectivity index (χ2n) is 4.53. The number of anilines is 1. The first-order valence-electron chi connectivity index (χ1n) is 6.01. The molecule has 13 nitrogen and oxygen atoms in total. The van der Waals surface area contributed by atoms with Gasteiger partial charge in [-0.15, -0.1) is 0 Å². The molecule has 144 valence electrons. The first-order chi connectivity index (χ1) is 11.6. The molecular weight excluding hydrogens is 422 g/mol. The van der Waals surface area contributed by atoms with Crippen molar-refractivity contribution in [2.45, 2.75) is 0 Å². The maximum Gasteiger partial charge on any atom is 0.446 e. The van der Waals surface area contributed by atoms with E-state index in [0.717, 1.165) is 18.2 Å². The van der Waals surface area contributed by atoms with Crippen LogP contribution in [-0.2, 0) is 31.2 Å². The van der Waals surface area contributed by atoms with Gasteiger partial charge in [-0.1, -0.05) is 0 Å². The van der Waals surface area contributed by atoms with E-state index in [1.54, 1.807) is 0 Å². The standard InChI is InChI=1S/C10H9NO12S3/c11-7-1-2-8(22-25(15,16)17)6-3-5(21-24(12,13)14)4-9(10(6)7)23-26(18,19)20/h1-4H,11H2,(H,12,13,14)(H,15,16,17)(H,18,19,20). The molecule has 0 spiro atoms. The molecule has 0 aliphatic heterocycles. The average Bonchev–Trinajstić information content (AvgIpc) is 2.36. The molecule has 0 amide bonds. The molecule has 0 unspecified atom stereocenters. The molecule has 26 heavy (non-hydrogen) atoms. The van der Waals surface area contributed by atoms with Gasteiger partial charge in [0.2, 0.25) is 0 Å². The average molecular weight is 431 g/mol. The molecule has 0 saturated heterocycles. The second-order valence-corrected chi connectivity index (χ2v) is 7.60. The summed E-state index contributed by atoms with van der Waals surface area (Å²) in [5, 5.41) is -0.742. The van der Waals surface area contributed by atoms with Crippen molar-refractivity contribution < 1.29 is 51.5 Å². The Labute approximate surface area is 146 Å². The van der Waals surface area contributed by atoms with Crippen LogP contribution in [0.25, 0.3) is 10.8 Å². The van der Waals surface area contributed by atoms with Gasteiger partial charge in [-0.25, -0.2) is 0 Å². The third kappa shape index (κ3) is 5.31. The van der Waals surface area contributed by atoms with E-state index in [1.807, 2.05) is 0 Å². The van der Waals surface area contributed by atoms with Crippen LogP contribution < -0.4 is 18.3 Å². The predicted molar refractivity (Wildman–Crippen MR) is 84.9 cm³/mol. The molecule has 0 saturated carbocycles. The van der Waals surface area contributed by atoms with Gasteiger partial charge in [0.1, 0.15) is 5.75 Å². The van der Waals surface area contributed by atoms with Gasteiger partial charge < -0.3 is 18.3 Å². The normalized spacial score (nSPS) is 12.7. The minimum Gasteiger partial charge on any atom is -0.398 e. The van der Waals surface area contributed by atoms with Gasteiger partial charge in [0.15, 0.2) is 11.5 Å². The zero-order chi connectivity index (χ0) is 19.9. The monoisotopic (exact) mass is 431 g/mol. The van der Waals surface area contributed by atoms with Crippen LogP contribution in [0.4, 0.5) is 5.69 Å². The number of hydrogen-bond acceptors (Lipinski definition) is 10. The lowest BCUT2D eigenvalue weighted by Gasteiger charge is -2.13. The Balaban J connectivity index is 2.87. The zero-order valence-electron chi connectivity index (χ0n) is 12.1. The van der Waals surface area contributed by atoms with Gasteiger partial charge in [0.05, 0.1) is 5.39 Å². The van der Waals surface area contributed by atoms with Crippen molar-refractivity contribution in [2.24, 2.45) is 0 Å². The summed E-state index contributed by atoms with van der Waals surface area (Å²) < 4.78 is 105. The third-order valence-electron chi connectivity index (χ3n) is 2.64. The predicted octanol–water partition coefficient (Wildman–Crippen LogP) is -0.0332. The highest BCUT2D eigenvalue weighted by molar-refractivity contribution is 7.81. The van der Waals surface area contributed by atoms with Gasteiger partial charge in [-0.05, 0) is 18.2 Å². The summed E-state index contributed by atoms with van der Waals surface area (Å²) in [7, 11) is -15.2. The van der Waals surface area contributed by atoms with Crippen molar-refractivity contribution in [1.29, 1.82) is 0 Å². The van der Waals surface area contributed by atoms with Gasteiger partial charge in [0, 0.05) is 17.1 Å². The van der Waals surface area contributed by atoms with Crippen LogP contribution in [0.15, 0.2) is 24.3 Å². The molecule has 0 atom stereocenters. The topological polar surface area (TPSA) is 217 Å². The Morgan fingerprint density at radius 3 is 1.73 bits per heavy atom. The molecule has 0 bridgehead atoms. The van der Waals surface area contributed by atoms with E-state index in [1.165, 1.54) is 0 Å². The van der Waals surface area contributed by atoms with Crippen molar-refractivity contribution in [3.05, 3.63) is 24.3 Å². The van der Waals surface area contributed by atoms with Crippen LogP contribution in [0.5, 0.6) is 17.2 Å². The Kier molecular flexibility index (Phi) is 4.92. The van der Waals surface area contributed by atoms with Crippen LogP contribution >= 0.6 is 0 Å². The van der Waals surface area contributed by atoms with E-state index >= 15 is 0 Å². The molecule has 0 aliphatic rings. The van der Waals surface area contributed by atoms with Crippen LogP contribution in [0.2, 0.25) is 0 Å². The van der Waals surface area contributed by atoms with Crippen molar-refractivity contribution in [3.8, 4) is 17.2 Å². The molecule has 2 rings (SSSR count). The first kappa shape index (κ1) is 19.9. The summed E-state index contributed by atoms with van der Waals surface area (Å²) in [5.41, 5.74) is 5.44. The minimum absolute atomic E-state index is 0.209. The molecule has 2 aromatic rings. The van der Waals surface area contributed by atoms with E-state index in [-0.39, 0.29) is 11.1 Å². The molecule has 0 fully saturated rings. The fourth-order valence-corrected chi connectivity index (χ4v) is 3.03. The fraction of sp³-hybridized carbons (Fsp3) is 0. The van der Waals surface area contributed by atoms with Gasteiger partial charge in [0.25, 0.3) is 0 Å². The number of benzene rings is 2. The number of fused-ring (bicyclic) bond motifs is 1. The molecule has 0 aromatic heterocycles. The molecule has 0 aliphatic carbocycles. The Bertz CT molecular complexity index is 1180. The number of hydrogen-bond donors (Lipinski definition) is 4. The van der Waals surface area contributed by atoms with E-state index in [9.17, 15) is 25.3 Å². The highest BCUT2D eigenvalue weighted by Crippen LogP contribution is 2.41. The molecule has 16 heteroatoms. The highest BCUT2D eigenvalue weighted by Gasteiger charge is 2.21. The third-order valence-corrected chi connectivity index (χ3v) is 3.82. The van der Waals surface area contributed by atoms with Crippen molar-refractivity contribution in [1.82, 2.24) is 0 Å². The smallest absolute Gasteiger partial charge is 0.398 e. The lowest BCUT2D eigenvalue weighted by atomic mass is 10.1. The van der Waals surface area contributed by atoms with E-state index < -0.39 is 53.8 Å². The van der Waals surface area contributed by atoms with E-state index in [0.29, 0.717) is 6.07 Å². The lowest BCUT2D eigenvalue weighted by Crippen LogP contribution is -2.11. The summed E-state index contributed by atoms with van der Waals surface area (Å²) in [5.74, 6) is -2.18. The Morgan fingerprint density at radius 1 is 0.731 bits per heavy atom. The second kappa shape index (κ2) is 6.41. The molecule has 2 aromatic carbocycles. The molecule has 0 heterocycles. The summed E-state index contributed by atoms with van der Waals surface area (Å²) in [4.78, 5) is 0. The number of nitrogens with two attached hydrogens (primary N) is 1. The Hall–Kier alpha value is -2.37. The quantitative estimate of drug-likeness (QED) is 0.349. The Morgan fingerprint density at radius 2 is 1.23 bits per heavy atom. The summed E-state index contributed by atoms with van der Waals surface area (Å²) >= 11 is 0. The van der Waals surface area contributed by atoms with E-state index in [4.69, 9.17) is 19.4 Å². The maximum absolute atomic E-state index is 11.0. The molecule has 5 N–H and O–H groups in total. The summed E-state index contributed by atoms with van der Waals surface area (Å²) in [6.45, 7) is 0. The highest BCUT2D eigenvalue weighted by atomic mass is 32.3. The largest absolute Gasteiger partial charge is 0.446 e. The van der Waals surface area contributed by atoms with Crippen LogP contribution in [-0.4, -0.2) is 38.9 Å². The lowest BCUT2D eigenvalue weighted by molar-refractivity contribution is 0.380. The zero-order valence-corrected chi connectivity index (χ0v) is 14.6.